The molecule has 36 heavy (non-hydrogen) atoms. The number of aliphatic hydroxyl groups is 5. The molecule has 5 N–H and O–H groups in total. The summed E-state index contributed by atoms with van der Waals surface area (Å²) >= 11 is 0. The summed E-state index contributed by atoms with van der Waals surface area (Å²) in [6, 6.07) is 0. The summed E-state index contributed by atoms with van der Waals surface area (Å²) in [6.07, 6.45) is -3.42. The monoisotopic (exact) mass is 520 g/mol. The van der Waals surface area contributed by atoms with E-state index in [0.29, 0.717) is 6.42 Å². The highest BCUT2D eigenvalue weighted by Gasteiger charge is 2.52. The number of unbranched alkanes of at least 4 members (excludes halogenated alkanes) is 8. The largest absolute Gasteiger partial charge is 0.463 e. The summed E-state index contributed by atoms with van der Waals surface area (Å²) in [5, 5.41) is 49.1. The zero-order chi connectivity index (χ0) is 26.7. The van der Waals surface area contributed by atoms with Crippen LogP contribution in [0.15, 0.2) is 0 Å². The standard InChI is InChI=1S/C24H40O12/c1-2-3-4-5-6-7-8-9-10-11-16(27)33-13-14(26)21-20(31)22(23(32)35-21)36-24-19(30)18(29)17(28)15(12-25)34-24/h14-15,17-19,21-22,24-26,28-30H,2-13H2,1H3/t14-,15+,17+,18-,19+,21+,22?,24?/m0/s1. The summed E-state index contributed by atoms with van der Waals surface area (Å²) in [5.74, 6) is -2.69. The Hall–Kier alpha value is -1.67. The lowest BCUT2D eigenvalue weighted by Gasteiger charge is -2.39. The van der Waals surface area contributed by atoms with Crippen LogP contribution in [0.1, 0.15) is 71.1 Å². The summed E-state index contributed by atoms with van der Waals surface area (Å²) in [5.41, 5.74) is 0. The summed E-state index contributed by atoms with van der Waals surface area (Å²) < 4.78 is 20.2. The molecule has 2 aliphatic heterocycles. The predicted molar refractivity (Wildman–Crippen MR) is 122 cm³/mol. The van der Waals surface area contributed by atoms with Crippen LogP contribution in [0.3, 0.4) is 0 Å². The first-order chi connectivity index (χ1) is 17.2. The van der Waals surface area contributed by atoms with Gasteiger partial charge < -0.3 is 44.5 Å². The molecule has 0 radical (unpaired) electrons. The third kappa shape index (κ3) is 8.72. The maximum atomic E-state index is 12.6. The van der Waals surface area contributed by atoms with Crippen LogP contribution < -0.4 is 0 Å². The number of hydrogen-bond acceptors (Lipinski definition) is 12. The summed E-state index contributed by atoms with van der Waals surface area (Å²) in [7, 11) is 0. The predicted octanol–water partition coefficient (Wildman–Crippen LogP) is -0.509. The van der Waals surface area contributed by atoms with Crippen molar-refractivity contribution in [3.63, 3.8) is 0 Å². The number of cyclic esters (lactones) is 1. The van der Waals surface area contributed by atoms with Crippen molar-refractivity contribution >= 4 is 17.7 Å². The van der Waals surface area contributed by atoms with Crippen molar-refractivity contribution in [3.8, 4) is 0 Å². The van der Waals surface area contributed by atoms with E-state index in [1.165, 1.54) is 32.1 Å². The van der Waals surface area contributed by atoms with Gasteiger partial charge in [0.15, 0.2) is 12.4 Å². The zero-order valence-electron chi connectivity index (χ0n) is 20.7. The molecule has 12 heteroatoms. The number of ether oxygens (including phenoxy) is 4. The Morgan fingerprint density at radius 2 is 1.56 bits per heavy atom. The highest BCUT2D eigenvalue weighted by atomic mass is 16.7. The molecule has 0 aromatic rings. The van der Waals surface area contributed by atoms with E-state index in [1.54, 1.807) is 0 Å². The Labute approximate surface area is 210 Å². The van der Waals surface area contributed by atoms with Gasteiger partial charge in [-0.15, -0.1) is 0 Å². The Balaban J connectivity index is 1.71. The lowest BCUT2D eigenvalue weighted by molar-refractivity contribution is -0.305. The van der Waals surface area contributed by atoms with Crippen LogP contribution in [0.25, 0.3) is 0 Å². The van der Waals surface area contributed by atoms with Gasteiger partial charge in [0.2, 0.25) is 11.9 Å². The molecule has 208 valence electrons. The van der Waals surface area contributed by atoms with Crippen LogP contribution in [0.5, 0.6) is 0 Å². The fraction of sp³-hybridized carbons (Fsp3) is 0.875. The Kier molecular flexibility index (Phi) is 13.2. The van der Waals surface area contributed by atoms with E-state index in [4.69, 9.17) is 18.9 Å². The molecule has 2 unspecified atom stereocenters. The molecule has 12 nitrogen and oxygen atoms in total. The van der Waals surface area contributed by atoms with Crippen LogP contribution in [-0.2, 0) is 33.3 Å². The third-order valence-electron chi connectivity index (χ3n) is 6.36. The van der Waals surface area contributed by atoms with Crippen molar-refractivity contribution < 1.29 is 58.9 Å². The van der Waals surface area contributed by atoms with Crippen molar-refractivity contribution in [2.75, 3.05) is 13.2 Å². The van der Waals surface area contributed by atoms with Crippen molar-refractivity contribution in [1.29, 1.82) is 0 Å². The summed E-state index contributed by atoms with van der Waals surface area (Å²) in [6.45, 7) is 0.891. The quantitative estimate of drug-likeness (QED) is 0.0997. The van der Waals surface area contributed by atoms with Crippen LogP contribution in [-0.4, -0.2) is 105 Å². The fourth-order valence-corrected chi connectivity index (χ4v) is 4.13. The molecular formula is C24H40O12. The minimum atomic E-state index is -1.89. The number of carbonyl (C=O) groups is 3. The molecule has 0 saturated carbocycles. The lowest BCUT2D eigenvalue weighted by Crippen LogP contribution is -2.60. The highest BCUT2D eigenvalue weighted by Crippen LogP contribution is 2.26. The molecule has 0 spiro atoms. The lowest BCUT2D eigenvalue weighted by atomic mass is 9.99. The smallest absolute Gasteiger partial charge is 0.344 e. The van der Waals surface area contributed by atoms with Crippen LogP contribution in [0.4, 0.5) is 0 Å². The normalized spacial score (nSPS) is 31.3. The molecule has 0 amide bonds. The van der Waals surface area contributed by atoms with Crippen molar-refractivity contribution in [2.45, 2.75) is 120 Å². The van der Waals surface area contributed by atoms with Gasteiger partial charge >= 0.3 is 11.9 Å². The van der Waals surface area contributed by atoms with Gasteiger partial charge in [-0.2, -0.15) is 0 Å². The fourth-order valence-electron chi connectivity index (χ4n) is 4.13. The van der Waals surface area contributed by atoms with Crippen LogP contribution >= 0.6 is 0 Å². The zero-order valence-corrected chi connectivity index (χ0v) is 20.7. The average Bonchev–Trinajstić information content (AvgIpc) is 3.14. The van der Waals surface area contributed by atoms with Crippen LogP contribution in [0, 0.1) is 0 Å². The SMILES string of the molecule is CCCCCCCCCCCC(=O)OC[C@H](O)[C@H]1OC(=O)C(OC2O[C@H](CO)[C@@H](O)[C@H](O)[C@H]2O)C1=O. The molecule has 2 heterocycles. The molecule has 2 fully saturated rings. The van der Waals surface area contributed by atoms with E-state index in [-0.39, 0.29) is 6.42 Å². The number of carbonyl (C=O) groups excluding carboxylic acids is 3. The second-order valence-electron chi connectivity index (χ2n) is 9.30. The number of Topliss-reactive ketones (excluding diaryl/α,β-unsaturated/α-hetero) is 1. The van der Waals surface area contributed by atoms with E-state index in [1.807, 2.05) is 0 Å². The topological polar surface area (TPSA) is 189 Å². The van der Waals surface area contributed by atoms with Gasteiger partial charge in [0.05, 0.1) is 6.61 Å². The molecule has 0 aliphatic carbocycles. The Bertz CT molecular complexity index is 699. The van der Waals surface area contributed by atoms with Gasteiger partial charge in [0, 0.05) is 6.42 Å². The maximum Gasteiger partial charge on any atom is 0.344 e. The first kappa shape index (κ1) is 30.6. The number of rotatable bonds is 16. The minimum Gasteiger partial charge on any atom is -0.463 e. The number of aliphatic hydroxyl groups excluding tert-OH is 5. The molecule has 2 saturated heterocycles. The molecule has 0 aromatic heterocycles. The maximum absolute atomic E-state index is 12.6. The van der Waals surface area contributed by atoms with Crippen molar-refractivity contribution in [2.24, 2.45) is 0 Å². The number of hydrogen-bond donors (Lipinski definition) is 5. The Morgan fingerprint density at radius 1 is 0.944 bits per heavy atom. The van der Waals surface area contributed by atoms with E-state index in [0.717, 1.165) is 19.3 Å². The molecule has 0 aromatic carbocycles. The first-order valence-electron chi connectivity index (χ1n) is 12.7. The first-order valence-corrected chi connectivity index (χ1v) is 12.7. The van der Waals surface area contributed by atoms with Gasteiger partial charge in [0.1, 0.15) is 37.1 Å². The van der Waals surface area contributed by atoms with Crippen molar-refractivity contribution in [3.05, 3.63) is 0 Å². The van der Waals surface area contributed by atoms with Gasteiger partial charge in [-0.3, -0.25) is 9.59 Å². The van der Waals surface area contributed by atoms with E-state index in [9.17, 15) is 39.9 Å². The Morgan fingerprint density at radius 3 is 2.17 bits per heavy atom. The second kappa shape index (κ2) is 15.6. The van der Waals surface area contributed by atoms with Crippen LogP contribution in [0.2, 0.25) is 0 Å². The second-order valence-corrected chi connectivity index (χ2v) is 9.30. The molecule has 2 aliphatic rings. The van der Waals surface area contributed by atoms with Gasteiger partial charge in [-0.1, -0.05) is 58.3 Å². The summed E-state index contributed by atoms with van der Waals surface area (Å²) in [4.78, 5) is 36.6. The van der Waals surface area contributed by atoms with E-state index >= 15 is 0 Å². The third-order valence-corrected chi connectivity index (χ3v) is 6.36. The average molecular weight is 521 g/mol. The number of esters is 2. The highest BCUT2D eigenvalue weighted by molar-refractivity contribution is 6.09. The van der Waals surface area contributed by atoms with Gasteiger partial charge in [-0.05, 0) is 6.42 Å². The van der Waals surface area contributed by atoms with Gasteiger partial charge in [-0.25, -0.2) is 4.79 Å². The van der Waals surface area contributed by atoms with E-state index < -0.39 is 80.0 Å². The minimum absolute atomic E-state index is 0.170. The van der Waals surface area contributed by atoms with Gasteiger partial charge in [0.25, 0.3) is 0 Å². The number of ketones is 1. The molecular weight excluding hydrogens is 480 g/mol. The van der Waals surface area contributed by atoms with E-state index in [2.05, 4.69) is 6.92 Å². The molecule has 8 atom stereocenters. The molecule has 2 rings (SSSR count). The molecule has 0 bridgehead atoms. The van der Waals surface area contributed by atoms with Crippen molar-refractivity contribution in [1.82, 2.24) is 0 Å².